The lowest BCUT2D eigenvalue weighted by Gasteiger charge is -2.13. The maximum absolute atomic E-state index is 12.6. The zero-order valence-electron chi connectivity index (χ0n) is 16.6. The summed E-state index contributed by atoms with van der Waals surface area (Å²) in [5.74, 6) is 1.91. The highest BCUT2D eigenvalue weighted by Crippen LogP contribution is 2.25. The van der Waals surface area contributed by atoms with E-state index in [1.54, 1.807) is 24.3 Å². The van der Waals surface area contributed by atoms with Crippen molar-refractivity contribution in [2.45, 2.75) is 20.0 Å². The fourth-order valence-electron chi connectivity index (χ4n) is 2.68. The van der Waals surface area contributed by atoms with Crippen LogP contribution in [0.3, 0.4) is 0 Å². The molecule has 0 aliphatic rings. The van der Waals surface area contributed by atoms with E-state index >= 15 is 0 Å². The molecule has 0 heterocycles. The van der Waals surface area contributed by atoms with Crippen LogP contribution in [0.1, 0.15) is 24.2 Å². The molecule has 3 aromatic carbocycles. The molecule has 0 aromatic heterocycles. The van der Waals surface area contributed by atoms with Crippen LogP contribution in [-0.4, -0.2) is 25.2 Å². The molecule has 3 rings (SSSR count). The lowest BCUT2D eigenvalue weighted by atomic mass is 10.2. The Morgan fingerprint density at radius 1 is 0.793 bits per heavy atom. The van der Waals surface area contributed by atoms with Gasteiger partial charge in [-0.3, -0.25) is 4.79 Å². The third-order valence-corrected chi connectivity index (χ3v) is 3.98. The number of benzene rings is 3. The third kappa shape index (κ3) is 6.28. The van der Waals surface area contributed by atoms with E-state index in [0.29, 0.717) is 30.2 Å². The summed E-state index contributed by atoms with van der Waals surface area (Å²) in [7, 11) is 0. The molecule has 3 aromatic rings. The lowest BCUT2D eigenvalue weighted by Crippen LogP contribution is -2.14. The quantitative estimate of drug-likeness (QED) is 0.511. The van der Waals surface area contributed by atoms with Crippen LogP contribution in [0.25, 0.3) is 0 Å². The summed E-state index contributed by atoms with van der Waals surface area (Å²) in [6.45, 7) is 4.69. The van der Waals surface area contributed by atoms with Crippen molar-refractivity contribution in [1.29, 1.82) is 0 Å². The Morgan fingerprint density at radius 3 is 2.17 bits per heavy atom. The number of nitrogens with one attached hydrogen (secondary N) is 1. The number of carbonyl (C=O) groups excluding carboxylic acids is 1. The lowest BCUT2D eigenvalue weighted by molar-refractivity contribution is 0.102. The second-order valence-corrected chi connectivity index (χ2v) is 6.65. The van der Waals surface area contributed by atoms with Crippen molar-refractivity contribution in [3.8, 4) is 17.2 Å². The molecule has 0 bridgehead atoms. The molecular weight excluding hydrogens is 366 g/mol. The van der Waals surface area contributed by atoms with Crippen LogP contribution in [0, 0.1) is 0 Å². The first-order valence-electron chi connectivity index (χ1n) is 9.59. The fraction of sp³-hybridized carbons (Fsp3) is 0.208. The highest BCUT2D eigenvalue weighted by molar-refractivity contribution is 6.05. The number of hydrogen-bond donors (Lipinski definition) is 1. The van der Waals surface area contributed by atoms with Crippen molar-refractivity contribution >= 4 is 11.6 Å². The predicted molar refractivity (Wildman–Crippen MR) is 114 cm³/mol. The van der Waals surface area contributed by atoms with Crippen LogP contribution >= 0.6 is 0 Å². The third-order valence-electron chi connectivity index (χ3n) is 3.98. The van der Waals surface area contributed by atoms with Gasteiger partial charge in [-0.1, -0.05) is 30.3 Å². The molecule has 0 atom stereocenters. The molecule has 0 unspecified atom stereocenters. The van der Waals surface area contributed by atoms with Crippen LogP contribution in [0.5, 0.6) is 17.2 Å². The monoisotopic (exact) mass is 391 g/mol. The van der Waals surface area contributed by atoms with Gasteiger partial charge in [-0.2, -0.15) is 0 Å². The molecule has 0 spiro atoms. The van der Waals surface area contributed by atoms with Crippen LogP contribution in [-0.2, 0) is 0 Å². The Hall–Kier alpha value is -3.47. The van der Waals surface area contributed by atoms with E-state index in [4.69, 9.17) is 14.2 Å². The predicted octanol–water partition coefficient (Wildman–Crippen LogP) is 5.18. The Morgan fingerprint density at radius 2 is 1.45 bits per heavy atom. The van der Waals surface area contributed by atoms with Gasteiger partial charge in [-0.05, 0) is 62.4 Å². The summed E-state index contributed by atoms with van der Waals surface area (Å²) >= 11 is 0. The van der Waals surface area contributed by atoms with Gasteiger partial charge < -0.3 is 19.5 Å². The van der Waals surface area contributed by atoms with Crippen LogP contribution < -0.4 is 19.5 Å². The maximum Gasteiger partial charge on any atom is 0.255 e. The van der Waals surface area contributed by atoms with Crippen molar-refractivity contribution in [2.24, 2.45) is 0 Å². The average Bonchev–Trinajstić information content (AvgIpc) is 2.73. The van der Waals surface area contributed by atoms with Gasteiger partial charge in [-0.15, -0.1) is 0 Å². The summed E-state index contributed by atoms with van der Waals surface area (Å²) < 4.78 is 17.0. The number of hydrogen-bond acceptors (Lipinski definition) is 4. The van der Waals surface area contributed by atoms with E-state index in [2.05, 4.69) is 5.32 Å². The molecule has 5 nitrogen and oxygen atoms in total. The van der Waals surface area contributed by atoms with E-state index in [1.165, 1.54) is 0 Å². The summed E-state index contributed by atoms with van der Waals surface area (Å²) in [4.78, 5) is 12.6. The SMILES string of the molecule is CC(C)Oc1ccc(C(=O)Nc2ccccc2OCCOc2ccccc2)cc1. The van der Waals surface area contributed by atoms with Crippen molar-refractivity contribution in [2.75, 3.05) is 18.5 Å². The minimum atomic E-state index is -0.210. The molecule has 5 heteroatoms. The van der Waals surface area contributed by atoms with Crippen molar-refractivity contribution in [1.82, 2.24) is 0 Å². The average molecular weight is 391 g/mol. The van der Waals surface area contributed by atoms with Crippen LogP contribution in [0.4, 0.5) is 5.69 Å². The van der Waals surface area contributed by atoms with Gasteiger partial charge in [0, 0.05) is 5.56 Å². The molecule has 0 radical (unpaired) electrons. The topological polar surface area (TPSA) is 56.8 Å². The van der Waals surface area contributed by atoms with E-state index in [-0.39, 0.29) is 12.0 Å². The molecule has 1 amide bonds. The number of carbonyl (C=O) groups is 1. The minimum absolute atomic E-state index is 0.0876. The normalized spacial score (nSPS) is 10.4. The van der Waals surface area contributed by atoms with E-state index in [1.807, 2.05) is 68.4 Å². The summed E-state index contributed by atoms with van der Waals surface area (Å²) in [5, 5.41) is 2.90. The number of ether oxygens (including phenoxy) is 3. The Balaban J connectivity index is 1.56. The second-order valence-electron chi connectivity index (χ2n) is 6.65. The molecule has 0 fully saturated rings. The van der Waals surface area contributed by atoms with Crippen LogP contribution in [0.2, 0.25) is 0 Å². The Bertz CT molecular complexity index is 908. The van der Waals surface area contributed by atoms with Gasteiger partial charge in [-0.25, -0.2) is 0 Å². The Kier molecular flexibility index (Phi) is 7.11. The standard InChI is InChI=1S/C24H25NO4/c1-18(2)29-21-14-12-19(13-15-21)24(26)25-22-10-6-7-11-23(22)28-17-16-27-20-8-4-3-5-9-20/h3-15,18H,16-17H2,1-2H3,(H,25,26). The molecule has 150 valence electrons. The van der Waals surface area contributed by atoms with Gasteiger partial charge in [0.25, 0.3) is 5.91 Å². The molecule has 1 N–H and O–H groups in total. The van der Waals surface area contributed by atoms with E-state index in [9.17, 15) is 4.79 Å². The maximum atomic E-state index is 12.6. The largest absolute Gasteiger partial charge is 0.491 e. The second kappa shape index (κ2) is 10.2. The molecule has 0 aliphatic heterocycles. The van der Waals surface area contributed by atoms with E-state index < -0.39 is 0 Å². The van der Waals surface area contributed by atoms with Gasteiger partial charge >= 0.3 is 0 Å². The highest BCUT2D eigenvalue weighted by atomic mass is 16.5. The molecular formula is C24H25NO4. The van der Waals surface area contributed by atoms with Gasteiger partial charge in [0.2, 0.25) is 0 Å². The van der Waals surface area contributed by atoms with E-state index in [0.717, 1.165) is 11.5 Å². The first-order chi connectivity index (χ1) is 14.1. The molecule has 29 heavy (non-hydrogen) atoms. The van der Waals surface area contributed by atoms with Gasteiger partial charge in [0.1, 0.15) is 30.5 Å². The smallest absolute Gasteiger partial charge is 0.255 e. The Labute approximate surface area is 171 Å². The van der Waals surface area contributed by atoms with Crippen molar-refractivity contribution in [3.63, 3.8) is 0 Å². The minimum Gasteiger partial charge on any atom is -0.491 e. The summed E-state index contributed by atoms with van der Waals surface area (Å²) in [6.07, 6.45) is 0.0876. The van der Waals surface area contributed by atoms with Crippen molar-refractivity contribution < 1.29 is 19.0 Å². The highest BCUT2D eigenvalue weighted by Gasteiger charge is 2.10. The van der Waals surface area contributed by atoms with Crippen LogP contribution in [0.15, 0.2) is 78.9 Å². The number of anilines is 1. The number of amides is 1. The first-order valence-corrected chi connectivity index (χ1v) is 9.59. The summed E-state index contributed by atoms with van der Waals surface area (Å²) in [6, 6.07) is 24.0. The zero-order chi connectivity index (χ0) is 20.5. The summed E-state index contributed by atoms with van der Waals surface area (Å²) in [5.41, 5.74) is 1.16. The van der Waals surface area contributed by atoms with Crippen molar-refractivity contribution in [3.05, 3.63) is 84.4 Å². The zero-order valence-corrected chi connectivity index (χ0v) is 16.6. The number of rotatable bonds is 9. The van der Waals surface area contributed by atoms with Gasteiger partial charge in [0.05, 0.1) is 11.8 Å². The van der Waals surface area contributed by atoms with Gasteiger partial charge in [0.15, 0.2) is 0 Å². The molecule has 0 saturated carbocycles. The first kappa shape index (κ1) is 20.3. The molecule has 0 saturated heterocycles. The molecule has 0 aliphatic carbocycles. The number of para-hydroxylation sites is 3. The fourth-order valence-corrected chi connectivity index (χ4v) is 2.68.